The highest BCUT2D eigenvalue weighted by atomic mass is 32.2. The SMILES string of the molecule is COc1ccc(NC(=O)CNc2cccc(S(=O)(=O)c3ccccc3)c2F)c(OC)c1. The lowest BCUT2D eigenvalue weighted by molar-refractivity contribution is -0.114. The molecule has 0 atom stereocenters. The molecule has 0 heterocycles. The first-order chi connectivity index (χ1) is 14.9. The van der Waals surface area contributed by atoms with Gasteiger partial charge in [0.1, 0.15) is 16.4 Å². The predicted molar refractivity (Wildman–Crippen MR) is 115 cm³/mol. The monoisotopic (exact) mass is 444 g/mol. The molecule has 1 amide bonds. The number of rotatable bonds is 8. The van der Waals surface area contributed by atoms with E-state index in [9.17, 15) is 17.6 Å². The third-order valence-corrected chi connectivity index (χ3v) is 6.22. The van der Waals surface area contributed by atoms with Crippen LogP contribution in [0.3, 0.4) is 0 Å². The number of nitrogens with one attached hydrogen (secondary N) is 2. The Morgan fingerprint density at radius 2 is 1.68 bits per heavy atom. The molecule has 3 aromatic rings. The minimum absolute atomic E-state index is 0.0182. The van der Waals surface area contributed by atoms with Gasteiger partial charge >= 0.3 is 0 Å². The van der Waals surface area contributed by atoms with E-state index in [2.05, 4.69) is 10.6 Å². The van der Waals surface area contributed by atoms with E-state index in [1.165, 1.54) is 44.6 Å². The van der Waals surface area contributed by atoms with Crippen LogP contribution in [0.4, 0.5) is 15.8 Å². The van der Waals surface area contributed by atoms with E-state index in [0.29, 0.717) is 17.2 Å². The number of hydrogen-bond acceptors (Lipinski definition) is 6. The van der Waals surface area contributed by atoms with Crippen molar-refractivity contribution in [2.45, 2.75) is 9.79 Å². The molecule has 0 spiro atoms. The zero-order valence-corrected chi connectivity index (χ0v) is 17.7. The lowest BCUT2D eigenvalue weighted by Gasteiger charge is -2.13. The summed E-state index contributed by atoms with van der Waals surface area (Å²) in [7, 11) is -1.07. The fraction of sp³-hybridized carbons (Fsp3) is 0.136. The molecule has 9 heteroatoms. The van der Waals surface area contributed by atoms with Crippen molar-refractivity contribution in [1.82, 2.24) is 0 Å². The molecule has 0 aliphatic carbocycles. The van der Waals surface area contributed by atoms with Crippen LogP contribution in [0.15, 0.2) is 76.5 Å². The molecule has 3 aromatic carbocycles. The Kier molecular flexibility index (Phi) is 6.76. The van der Waals surface area contributed by atoms with Crippen LogP contribution in [-0.2, 0) is 14.6 Å². The van der Waals surface area contributed by atoms with Crippen LogP contribution in [0.25, 0.3) is 0 Å². The van der Waals surface area contributed by atoms with Gasteiger partial charge in [-0.05, 0) is 36.4 Å². The molecule has 7 nitrogen and oxygen atoms in total. The van der Waals surface area contributed by atoms with Crippen LogP contribution in [0.1, 0.15) is 0 Å². The Balaban J connectivity index is 1.75. The number of carbonyl (C=O) groups excluding carboxylic acids is 1. The van der Waals surface area contributed by atoms with Crippen molar-refractivity contribution in [2.24, 2.45) is 0 Å². The van der Waals surface area contributed by atoms with Gasteiger partial charge in [-0.3, -0.25) is 4.79 Å². The Morgan fingerprint density at radius 3 is 2.35 bits per heavy atom. The number of carbonyl (C=O) groups is 1. The Labute approximate surface area is 179 Å². The summed E-state index contributed by atoms with van der Waals surface area (Å²) in [6.07, 6.45) is 0. The molecule has 0 aliphatic heterocycles. The zero-order chi connectivity index (χ0) is 22.4. The maximum absolute atomic E-state index is 14.9. The molecule has 3 rings (SSSR count). The van der Waals surface area contributed by atoms with E-state index in [1.54, 1.807) is 36.4 Å². The smallest absolute Gasteiger partial charge is 0.243 e. The molecule has 31 heavy (non-hydrogen) atoms. The van der Waals surface area contributed by atoms with Gasteiger partial charge in [-0.25, -0.2) is 12.8 Å². The van der Waals surface area contributed by atoms with Gasteiger partial charge in [0.2, 0.25) is 15.7 Å². The molecule has 0 radical (unpaired) electrons. The normalized spacial score (nSPS) is 10.9. The molecule has 0 fully saturated rings. The fourth-order valence-electron chi connectivity index (χ4n) is 2.85. The van der Waals surface area contributed by atoms with Crippen molar-refractivity contribution in [1.29, 1.82) is 0 Å². The highest BCUT2D eigenvalue weighted by Gasteiger charge is 2.23. The van der Waals surface area contributed by atoms with Crippen LogP contribution in [0, 0.1) is 5.82 Å². The molecule has 162 valence electrons. The third-order valence-electron chi connectivity index (χ3n) is 4.43. The van der Waals surface area contributed by atoms with E-state index in [-0.39, 0.29) is 17.1 Å². The Bertz CT molecular complexity index is 1180. The van der Waals surface area contributed by atoms with Crippen LogP contribution >= 0.6 is 0 Å². The fourth-order valence-corrected chi connectivity index (χ4v) is 4.23. The summed E-state index contributed by atoms with van der Waals surface area (Å²) < 4.78 is 50.7. The van der Waals surface area contributed by atoms with E-state index >= 15 is 0 Å². The van der Waals surface area contributed by atoms with Gasteiger partial charge in [0.25, 0.3) is 0 Å². The average Bonchev–Trinajstić information content (AvgIpc) is 2.79. The van der Waals surface area contributed by atoms with E-state index in [4.69, 9.17) is 9.47 Å². The lowest BCUT2D eigenvalue weighted by atomic mass is 10.2. The number of amides is 1. The number of halogens is 1. The standard InChI is InChI=1S/C22H21FN2O5S/c1-29-15-11-12-17(19(13-15)30-2)25-21(26)14-24-18-9-6-10-20(22(18)23)31(27,28)16-7-4-3-5-8-16/h3-13,24H,14H2,1-2H3,(H,25,26). The number of benzene rings is 3. The van der Waals surface area contributed by atoms with Crippen molar-refractivity contribution in [2.75, 3.05) is 31.4 Å². The van der Waals surface area contributed by atoms with Crippen molar-refractivity contribution in [3.05, 3.63) is 72.5 Å². The first kappa shape index (κ1) is 22.1. The largest absolute Gasteiger partial charge is 0.497 e. The highest BCUT2D eigenvalue weighted by molar-refractivity contribution is 7.91. The van der Waals surface area contributed by atoms with E-state index in [1.807, 2.05) is 0 Å². The number of methoxy groups -OCH3 is 2. The van der Waals surface area contributed by atoms with Crippen LogP contribution < -0.4 is 20.1 Å². The third kappa shape index (κ3) is 4.95. The van der Waals surface area contributed by atoms with Gasteiger partial charge in [-0.2, -0.15) is 0 Å². The number of anilines is 2. The predicted octanol–water partition coefficient (Wildman–Crippen LogP) is 3.73. The van der Waals surface area contributed by atoms with Gasteiger partial charge in [-0.15, -0.1) is 0 Å². The molecule has 0 saturated carbocycles. The average molecular weight is 444 g/mol. The second-order valence-corrected chi connectivity index (χ2v) is 8.32. The summed E-state index contributed by atoms with van der Waals surface area (Å²) in [6.45, 7) is -0.291. The number of ether oxygens (including phenoxy) is 2. The first-order valence-electron chi connectivity index (χ1n) is 9.21. The molecule has 2 N–H and O–H groups in total. The quantitative estimate of drug-likeness (QED) is 0.550. The molecule has 0 unspecified atom stereocenters. The van der Waals surface area contributed by atoms with Gasteiger partial charge < -0.3 is 20.1 Å². The zero-order valence-electron chi connectivity index (χ0n) is 16.9. The van der Waals surface area contributed by atoms with Gasteiger partial charge in [0.15, 0.2) is 5.82 Å². The summed E-state index contributed by atoms with van der Waals surface area (Å²) in [5, 5.41) is 5.29. The second-order valence-electron chi connectivity index (χ2n) is 6.40. The van der Waals surface area contributed by atoms with Crippen molar-refractivity contribution < 1.29 is 27.1 Å². The molecular formula is C22H21FN2O5S. The minimum atomic E-state index is -4.04. The molecule has 0 aromatic heterocycles. The first-order valence-corrected chi connectivity index (χ1v) is 10.7. The summed E-state index contributed by atoms with van der Waals surface area (Å²) in [5.74, 6) is -0.471. The maximum Gasteiger partial charge on any atom is 0.243 e. The van der Waals surface area contributed by atoms with Gasteiger partial charge in [0.05, 0.1) is 37.0 Å². The van der Waals surface area contributed by atoms with Crippen LogP contribution in [0.5, 0.6) is 11.5 Å². The van der Waals surface area contributed by atoms with Crippen molar-refractivity contribution in [3.8, 4) is 11.5 Å². The van der Waals surface area contributed by atoms with Gasteiger partial charge in [-0.1, -0.05) is 24.3 Å². The Morgan fingerprint density at radius 1 is 0.935 bits per heavy atom. The second kappa shape index (κ2) is 9.48. The summed E-state index contributed by atoms with van der Waals surface area (Å²) in [4.78, 5) is 11.8. The van der Waals surface area contributed by atoms with Crippen molar-refractivity contribution >= 4 is 27.1 Å². The number of sulfone groups is 1. The number of hydrogen-bond donors (Lipinski definition) is 2. The molecule has 0 aliphatic rings. The maximum atomic E-state index is 14.9. The van der Waals surface area contributed by atoms with E-state index < -0.39 is 26.5 Å². The van der Waals surface area contributed by atoms with Gasteiger partial charge in [0, 0.05) is 6.07 Å². The van der Waals surface area contributed by atoms with Crippen LogP contribution in [-0.4, -0.2) is 35.1 Å². The molecular weight excluding hydrogens is 423 g/mol. The molecule has 0 saturated heterocycles. The molecule has 0 bridgehead atoms. The van der Waals surface area contributed by atoms with Crippen molar-refractivity contribution in [3.63, 3.8) is 0 Å². The summed E-state index contributed by atoms with van der Waals surface area (Å²) >= 11 is 0. The summed E-state index contributed by atoms with van der Waals surface area (Å²) in [5.41, 5.74) is 0.310. The topological polar surface area (TPSA) is 93.7 Å². The summed E-state index contributed by atoms with van der Waals surface area (Å²) in [6, 6.07) is 16.4. The highest BCUT2D eigenvalue weighted by Crippen LogP contribution is 2.29. The minimum Gasteiger partial charge on any atom is -0.497 e. The van der Waals surface area contributed by atoms with E-state index in [0.717, 1.165) is 0 Å². The Hall–Kier alpha value is -3.59. The lowest BCUT2D eigenvalue weighted by Crippen LogP contribution is -2.22. The van der Waals surface area contributed by atoms with Crippen LogP contribution in [0.2, 0.25) is 0 Å².